The Bertz CT molecular complexity index is 792. The van der Waals surface area contributed by atoms with E-state index in [9.17, 15) is 18.0 Å². The van der Waals surface area contributed by atoms with Gasteiger partial charge in [-0.3, -0.25) is 9.59 Å². The van der Waals surface area contributed by atoms with Gasteiger partial charge in [-0.2, -0.15) is 4.72 Å². The number of carbonyl (C=O) groups is 2. The molecule has 1 aromatic rings. The Kier molecular flexibility index (Phi) is 7.24. The highest BCUT2D eigenvalue weighted by atomic mass is 79.9. The summed E-state index contributed by atoms with van der Waals surface area (Å²) in [6.07, 6.45) is 3.47. The molecule has 2 atom stereocenters. The fraction of sp³-hybridized carbons (Fsp3) is 0.529. The summed E-state index contributed by atoms with van der Waals surface area (Å²) in [5, 5.41) is 0.000798. The number of hydrogen-bond donors (Lipinski definition) is 1. The van der Waals surface area contributed by atoms with Crippen molar-refractivity contribution in [3.05, 3.63) is 28.8 Å². The normalized spacial score (nSPS) is 17.7. The number of rotatable bonds is 7. The van der Waals surface area contributed by atoms with Crippen molar-refractivity contribution in [2.75, 3.05) is 0 Å². The minimum absolute atomic E-state index is 0.000798. The van der Waals surface area contributed by atoms with Gasteiger partial charge < -0.3 is 4.74 Å². The molecular formula is C17H21BrClNO5S. The van der Waals surface area contributed by atoms with Gasteiger partial charge in [0.25, 0.3) is 0 Å². The Morgan fingerprint density at radius 3 is 2.50 bits per heavy atom. The monoisotopic (exact) mass is 465 g/mol. The summed E-state index contributed by atoms with van der Waals surface area (Å²) in [5.74, 6) is -0.785. The molecule has 1 fully saturated rings. The topological polar surface area (TPSA) is 89.5 Å². The van der Waals surface area contributed by atoms with Crippen LogP contribution in [0.4, 0.5) is 0 Å². The van der Waals surface area contributed by atoms with Crippen LogP contribution in [0, 0.1) is 0 Å². The van der Waals surface area contributed by atoms with Crippen LogP contribution in [0.3, 0.4) is 0 Å². The molecule has 9 heteroatoms. The van der Waals surface area contributed by atoms with Crippen LogP contribution in [0.15, 0.2) is 23.1 Å². The number of carbonyl (C=O) groups excluding carboxylic acids is 2. The lowest BCUT2D eigenvalue weighted by Crippen LogP contribution is -2.40. The van der Waals surface area contributed by atoms with Crippen molar-refractivity contribution in [3.63, 3.8) is 0 Å². The molecule has 1 unspecified atom stereocenters. The maximum absolute atomic E-state index is 12.6. The number of alkyl halides is 1. The van der Waals surface area contributed by atoms with E-state index in [4.69, 9.17) is 16.3 Å². The zero-order valence-electron chi connectivity index (χ0n) is 14.5. The molecule has 0 spiro atoms. The predicted octanol–water partition coefficient (Wildman–Crippen LogP) is 3.52. The molecule has 6 nitrogen and oxygen atoms in total. The number of ether oxygens (including phenoxy) is 1. The summed E-state index contributed by atoms with van der Waals surface area (Å²) >= 11 is 9.25. The second-order valence-corrected chi connectivity index (χ2v) is 9.35. The summed E-state index contributed by atoms with van der Waals surface area (Å²) < 4.78 is 32.9. The van der Waals surface area contributed by atoms with Crippen molar-refractivity contribution >= 4 is 49.3 Å². The highest BCUT2D eigenvalue weighted by molar-refractivity contribution is 9.09. The predicted molar refractivity (Wildman–Crippen MR) is 102 cm³/mol. The number of esters is 1. The molecule has 1 N–H and O–H groups in total. The Labute approximate surface area is 166 Å². The molecule has 0 aliphatic heterocycles. The van der Waals surface area contributed by atoms with Crippen LogP contribution in [-0.2, 0) is 24.3 Å². The molecule has 1 aliphatic rings. The largest absolute Gasteiger partial charge is 0.461 e. The molecular weight excluding hydrogens is 446 g/mol. The Balaban J connectivity index is 2.16. The molecule has 26 heavy (non-hydrogen) atoms. The van der Waals surface area contributed by atoms with Gasteiger partial charge in [-0.15, -0.1) is 0 Å². The van der Waals surface area contributed by atoms with Crippen molar-refractivity contribution in [2.45, 2.75) is 61.4 Å². The molecule has 0 aromatic heterocycles. The van der Waals surface area contributed by atoms with E-state index in [1.54, 1.807) is 6.07 Å². The van der Waals surface area contributed by atoms with E-state index in [-0.39, 0.29) is 21.8 Å². The quantitative estimate of drug-likeness (QED) is 0.490. The second-order valence-electron chi connectivity index (χ2n) is 6.35. The lowest BCUT2D eigenvalue weighted by atomic mass is 10.1. The van der Waals surface area contributed by atoms with Crippen LogP contribution in [-0.4, -0.2) is 32.3 Å². The molecule has 144 valence electrons. The summed E-state index contributed by atoms with van der Waals surface area (Å²) in [5.41, 5.74) is 0.462. The number of nitrogens with one attached hydrogen (secondary N) is 1. The molecule has 0 heterocycles. The molecule has 0 radical (unpaired) electrons. The number of ketones is 1. The van der Waals surface area contributed by atoms with Crippen molar-refractivity contribution < 1.29 is 22.7 Å². The number of hydrogen-bond acceptors (Lipinski definition) is 5. The molecule has 1 aliphatic carbocycles. The average Bonchev–Trinajstić information content (AvgIpc) is 3.06. The fourth-order valence-electron chi connectivity index (χ4n) is 2.74. The summed E-state index contributed by atoms with van der Waals surface area (Å²) in [4.78, 5) is 22.8. The van der Waals surface area contributed by atoms with Gasteiger partial charge in [0.2, 0.25) is 10.0 Å². The van der Waals surface area contributed by atoms with E-state index in [1.807, 2.05) is 0 Å². The summed E-state index contributed by atoms with van der Waals surface area (Å²) in [7, 11) is -4.07. The highest BCUT2D eigenvalue weighted by Crippen LogP contribution is 2.30. The van der Waals surface area contributed by atoms with Gasteiger partial charge in [0.1, 0.15) is 22.8 Å². The average molecular weight is 467 g/mol. The third-order valence-corrected chi connectivity index (χ3v) is 7.36. The minimum atomic E-state index is -4.07. The SMILES string of the molecule is CC(=O)C(Br)c1ccc(Cl)c(S(=O)(=O)N[C@@H](C)C(=O)OC2CCCC2)c1. The molecule has 0 saturated heterocycles. The number of sulfonamides is 1. The minimum Gasteiger partial charge on any atom is -0.461 e. The van der Waals surface area contributed by atoms with E-state index in [2.05, 4.69) is 20.7 Å². The van der Waals surface area contributed by atoms with Crippen molar-refractivity contribution in [2.24, 2.45) is 0 Å². The Morgan fingerprint density at radius 2 is 1.92 bits per heavy atom. The number of halogens is 2. The fourth-order valence-corrected chi connectivity index (χ4v) is 4.75. The van der Waals surface area contributed by atoms with Gasteiger partial charge in [-0.25, -0.2) is 8.42 Å². The first-order valence-electron chi connectivity index (χ1n) is 8.28. The van der Waals surface area contributed by atoms with E-state index in [1.165, 1.54) is 26.0 Å². The maximum Gasteiger partial charge on any atom is 0.324 e. The first kappa shape index (κ1) is 21.3. The zero-order valence-corrected chi connectivity index (χ0v) is 17.7. The molecule has 0 bridgehead atoms. The van der Waals surface area contributed by atoms with Gasteiger partial charge >= 0.3 is 5.97 Å². The Morgan fingerprint density at radius 1 is 1.31 bits per heavy atom. The Hall–Kier alpha value is -0.960. The van der Waals surface area contributed by atoms with Crippen LogP contribution >= 0.6 is 27.5 Å². The highest BCUT2D eigenvalue weighted by Gasteiger charge is 2.28. The molecule has 0 amide bonds. The summed E-state index contributed by atoms with van der Waals surface area (Å²) in [6, 6.07) is 3.25. The van der Waals surface area contributed by atoms with E-state index in [0.717, 1.165) is 25.7 Å². The van der Waals surface area contributed by atoms with Crippen LogP contribution < -0.4 is 4.72 Å². The number of Topliss-reactive ketones (excluding diaryl/α,β-unsaturated/α-hetero) is 1. The van der Waals surface area contributed by atoms with Crippen molar-refractivity contribution in [3.8, 4) is 0 Å². The van der Waals surface area contributed by atoms with Crippen LogP contribution in [0.2, 0.25) is 5.02 Å². The summed E-state index contributed by atoms with van der Waals surface area (Å²) in [6.45, 7) is 2.82. The van der Waals surface area contributed by atoms with Crippen LogP contribution in [0.5, 0.6) is 0 Å². The van der Waals surface area contributed by atoms with Gasteiger partial charge in [0, 0.05) is 0 Å². The van der Waals surface area contributed by atoms with Gasteiger partial charge in [0.15, 0.2) is 0 Å². The zero-order chi connectivity index (χ0) is 19.5. The van der Waals surface area contributed by atoms with Gasteiger partial charge in [-0.1, -0.05) is 33.6 Å². The standard InChI is InChI=1S/C17H21BrClNO5S/c1-10(17(22)25-13-5-3-4-6-13)20-26(23,24)15-9-12(7-8-14(15)19)16(18)11(2)21/h7-10,13,16,20H,3-6H2,1-2H3/t10-,16?/m0/s1. The van der Waals surface area contributed by atoms with Crippen molar-refractivity contribution in [1.82, 2.24) is 4.72 Å². The van der Waals surface area contributed by atoms with Crippen LogP contribution in [0.1, 0.15) is 49.9 Å². The number of benzene rings is 1. The third-order valence-electron chi connectivity index (χ3n) is 4.16. The smallest absolute Gasteiger partial charge is 0.324 e. The first-order chi connectivity index (χ1) is 12.1. The van der Waals surface area contributed by atoms with Gasteiger partial charge in [0.05, 0.1) is 9.85 Å². The third kappa shape index (κ3) is 5.28. The molecule has 2 rings (SSSR count). The lowest BCUT2D eigenvalue weighted by molar-refractivity contribution is -0.150. The van der Waals surface area contributed by atoms with Crippen LogP contribution in [0.25, 0.3) is 0 Å². The molecule has 1 saturated carbocycles. The van der Waals surface area contributed by atoms with Crippen molar-refractivity contribution in [1.29, 1.82) is 0 Å². The van der Waals surface area contributed by atoms with E-state index < -0.39 is 26.9 Å². The second kappa shape index (κ2) is 8.82. The van der Waals surface area contributed by atoms with Gasteiger partial charge in [-0.05, 0) is 57.2 Å². The van der Waals surface area contributed by atoms with E-state index in [0.29, 0.717) is 5.56 Å². The van der Waals surface area contributed by atoms with E-state index >= 15 is 0 Å². The first-order valence-corrected chi connectivity index (χ1v) is 11.1. The molecule has 1 aromatic carbocycles. The maximum atomic E-state index is 12.6. The lowest BCUT2D eigenvalue weighted by Gasteiger charge is -2.18.